The Morgan fingerprint density at radius 3 is 2.55 bits per heavy atom. The minimum atomic E-state index is -3.71. The van der Waals surface area contributed by atoms with Crippen LogP contribution in [0.4, 0.5) is 5.82 Å². The molecular formula is C20H31N6O5PS. The molecule has 182 valence electrons. The van der Waals surface area contributed by atoms with E-state index in [1.54, 1.807) is 43.6 Å². The first-order valence-corrected chi connectivity index (χ1v) is 13.2. The minimum Gasteiger partial charge on any atom is -0.382 e. The number of fused-ring (bicyclic) bond motifs is 3. The van der Waals surface area contributed by atoms with Gasteiger partial charge < -0.3 is 24.8 Å². The van der Waals surface area contributed by atoms with Gasteiger partial charge in [0.2, 0.25) is 0 Å². The second-order valence-corrected chi connectivity index (χ2v) is 13.5. The van der Waals surface area contributed by atoms with E-state index in [-0.39, 0.29) is 17.1 Å². The third kappa shape index (κ3) is 4.28. The van der Waals surface area contributed by atoms with Crippen LogP contribution in [0.1, 0.15) is 54.2 Å². The Bertz CT molecular complexity index is 1140. The number of imidazole rings is 1. The Hall–Kier alpha value is -1.69. The number of hydrogen-bond acceptors (Lipinski definition) is 9. The Kier molecular flexibility index (Phi) is 5.67. The van der Waals surface area contributed by atoms with Crippen molar-refractivity contribution in [2.75, 3.05) is 12.8 Å². The number of nitrogens with zero attached hydrogens (tertiary/aromatic N) is 5. The zero-order chi connectivity index (χ0) is 24.6. The molecule has 2 saturated heterocycles. The SMILES string of the molecule is CN1C(=O)[C@]2(CC(C)(C)C)O[C@@H](n3cnc4c(N)ncnc43)[C@H]1[C@@H]2OP(O)(=S)OC(C)(C)C. The normalized spacial score (nSPS) is 29.8. The lowest BCUT2D eigenvalue weighted by Gasteiger charge is -2.38. The third-order valence-corrected chi connectivity index (χ3v) is 7.37. The maximum Gasteiger partial charge on any atom is 0.325 e. The number of carbonyl (C=O) groups is 1. The molecule has 3 N–H and O–H groups in total. The predicted octanol–water partition coefficient (Wildman–Crippen LogP) is 2.37. The molecule has 0 aliphatic carbocycles. The lowest BCUT2D eigenvalue weighted by atomic mass is 9.80. The Balaban J connectivity index is 1.81. The van der Waals surface area contributed by atoms with Crippen molar-refractivity contribution < 1.29 is 23.5 Å². The molecule has 0 aromatic carbocycles. The van der Waals surface area contributed by atoms with E-state index in [0.717, 1.165) is 0 Å². The molecule has 4 heterocycles. The standard InChI is InChI=1S/C20H31N6O5PS/c1-18(2,3)8-20-13(30-32(28,33)31-19(4,5)6)12(25(7)17(20)27)16(29-20)26-10-24-11-14(21)22-9-23-15(11)26/h9-10,12-13,16H,8H2,1-7H3,(H,28,33)(H2,21,22,23)/t12-,13+,16-,20-,32?/m1/s1. The first-order chi connectivity index (χ1) is 15.0. The lowest BCUT2D eigenvalue weighted by Crippen LogP contribution is -2.51. The summed E-state index contributed by atoms with van der Waals surface area (Å²) in [6, 6.07) is -0.605. The van der Waals surface area contributed by atoms with E-state index in [1.807, 2.05) is 20.8 Å². The van der Waals surface area contributed by atoms with Gasteiger partial charge in [-0.1, -0.05) is 20.8 Å². The van der Waals surface area contributed by atoms with Crippen molar-refractivity contribution in [3.63, 3.8) is 0 Å². The van der Waals surface area contributed by atoms with E-state index in [0.29, 0.717) is 17.6 Å². The number of hydrogen-bond donors (Lipinski definition) is 2. The van der Waals surface area contributed by atoms with E-state index in [9.17, 15) is 9.69 Å². The van der Waals surface area contributed by atoms with Crippen LogP contribution in [-0.4, -0.2) is 65.6 Å². The largest absolute Gasteiger partial charge is 0.382 e. The second-order valence-electron chi connectivity index (χ2n) is 10.8. The maximum atomic E-state index is 13.5. The van der Waals surface area contributed by atoms with Crippen molar-refractivity contribution in [3.8, 4) is 0 Å². The fourth-order valence-electron chi connectivity index (χ4n) is 4.72. The highest BCUT2D eigenvalue weighted by molar-refractivity contribution is 8.07. The summed E-state index contributed by atoms with van der Waals surface area (Å²) in [7, 11) is 1.69. The average molecular weight is 499 g/mol. The van der Waals surface area contributed by atoms with Crippen LogP contribution in [0, 0.1) is 5.41 Å². The summed E-state index contributed by atoms with van der Waals surface area (Å²) in [6.45, 7) is 7.65. The van der Waals surface area contributed by atoms with Crippen LogP contribution in [-0.2, 0) is 30.4 Å². The Morgan fingerprint density at radius 1 is 1.27 bits per heavy atom. The van der Waals surface area contributed by atoms with Gasteiger partial charge in [-0.3, -0.25) is 13.9 Å². The Labute approximate surface area is 197 Å². The zero-order valence-electron chi connectivity index (χ0n) is 19.8. The highest BCUT2D eigenvalue weighted by Gasteiger charge is 2.71. The minimum absolute atomic E-state index is 0.229. The number of amides is 1. The van der Waals surface area contributed by atoms with E-state index in [4.69, 9.17) is 31.3 Å². The van der Waals surface area contributed by atoms with Gasteiger partial charge >= 0.3 is 6.72 Å². The number of carbonyl (C=O) groups excluding carboxylic acids is 1. The van der Waals surface area contributed by atoms with Crippen molar-refractivity contribution >= 4 is 41.4 Å². The van der Waals surface area contributed by atoms with Gasteiger partial charge in [-0.15, -0.1) is 0 Å². The molecule has 2 fully saturated rings. The third-order valence-electron chi connectivity index (χ3n) is 5.61. The van der Waals surface area contributed by atoms with Crippen molar-refractivity contribution in [2.45, 2.75) is 77.5 Å². The van der Waals surface area contributed by atoms with Crippen LogP contribution < -0.4 is 5.73 Å². The number of nitrogen functional groups attached to an aromatic ring is 1. The number of ether oxygens (including phenoxy) is 1. The molecule has 2 aliphatic heterocycles. The summed E-state index contributed by atoms with van der Waals surface area (Å²) in [4.78, 5) is 38.6. The Morgan fingerprint density at radius 2 is 1.94 bits per heavy atom. The van der Waals surface area contributed by atoms with Gasteiger partial charge in [-0.25, -0.2) is 15.0 Å². The van der Waals surface area contributed by atoms with Gasteiger partial charge in [0.1, 0.15) is 24.0 Å². The molecule has 2 aliphatic rings. The number of likely N-dealkylation sites (tertiary alicyclic amines) is 1. The van der Waals surface area contributed by atoms with Gasteiger partial charge in [0.25, 0.3) is 5.91 Å². The van der Waals surface area contributed by atoms with Crippen LogP contribution in [0.3, 0.4) is 0 Å². The van der Waals surface area contributed by atoms with Crippen LogP contribution >= 0.6 is 6.72 Å². The summed E-state index contributed by atoms with van der Waals surface area (Å²) < 4.78 is 20.0. The molecule has 1 amide bonds. The van der Waals surface area contributed by atoms with Crippen molar-refractivity contribution in [1.29, 1.82) is 0 Å². The zero-order valence-corrected chi connectivity index (χ0v) is 21.6. The molecule has 4 rings (SSSR count). The fourth-order valence-corrected chi connectivity index (χ4v) is 6.99. The molecule has 13 heteroatoms. The molecule has 0 radical (unpaired) electrons. The highest BCUT2D eigenvalue weighted by atomic mass is 32.5. The van der Waals surface area contributed by atoms with Crippen LogP contribution in [0.2, 0.25) is 0 Å². The van der Waals surface area contributed by atoms with Crippen LogP contribution in [0.15, 0.2) is 12.7 Å². The van der Waals surface area contributed by atoms with Gasteiger partial charge in [0, 0.05) is 7.05 Å². The predicted molar refractivity (Wildman–Crippen MR) is 125 cm³/mol. The number of nitrogens with two attached hydrogens (primary N) is 1. The van der Waals surface area contributed by atoms with Crippen molar-refractivity contribution in [1.82, 2.24) is 24.4 Å². The summed E-state index contributed by atoms with van der Waals surface area (Å²) in [5.41, 5.74) is 4.46. The number of anilines is 1. The molecule has 0 spiro atoms. The molecule has 5 atom stereocenters. The number of aromatic nitrogens is 4. The van der Waals surface area contributed by atoms with E-state index >= 15 is 0 Å². The first-order valence-electron chi connectivity index (χ1n) is 10.6. The molecule has 11 nitrogen and oxygen atoms in total. The summed E-state index contributed by atoms with van der Waals surface area (Å²) in [6.07, 6.45) is 1.69. The van der Waals surface area contributed by atoms with Gasteiger partial charge in [0.15, 0.2) is 23.3 Å². The molecule has 0 saturated carbocycles. The quantitative estimate of drug-likeness (QED) is 0.591. The van der Waals surface area contributed by atoms with Crippen molar-refractivity contribution in [2.24, 2.45) is 5.41 Å². The monoisotopic (exact) mass is 498 g/mol. The molecule has 1 unspecified atom stereocenters. The molecule has 2 aromatic rings. The van der Waals surface area contributed by atoms with Gasteiger partial charge in [0.05, 0.1) is 11.9 Å². The van der Waals surface area contributed by atoms with Crippen LogP contribution in [0.5, 0.6) is 0 Å². The molecular weight excluding hydrogens is 467 g/mol. The number of morpholine rings is 1. The fraction of sp³-hybridized carbons (Fsp3) is 0.700. The van der Waals surface area contributed by atoms with Gasteiger partial charge in [-0.05, 0) is 44.4 Å². The van der Waals surface area contributed by atoms with Gasteiger partial charge in [-0.2, -0.15) is 0 Å². The summed E-state index contributed by atoms with van der Waals surface area (Å²) in [5, 5.41) is 0. The summed E-state index contributed by atoms with van der Waals surface area (Å²) in [5.74, 6) is 0.0148. The highest BCUT2D eigenvalue weighted by Crippen LogP contribution is 2.59. The van der Waals surface area contributed by atoms with Crippen LogP contribution in [0.25, 0.3) is 11.2 Å². The second kappa shape index (κ2) is 7.66. The van der Waals surface area contributed by atoms with E-state index < -0.39 is 36.3 Å². The molecule has 2 aromatic heterocycles. The number of rotatable bonds is 5. The topological polar surface area (TPSA) is 138 Å². The number of likely N-dealkylation sites (N-methyl/N-ethyl adjacent to an activating group) is 1. The first kappa shape index (κ1) is 24.4. The molecule has 2 bridgehead atoms. The van der Waals surface area contributed by atoms with E-state index in [2.05, 4.69) is 15.0 Å². The molecule has 33 heavy (non-hydrogen) atoms. The smallest absolute Gasteiger partial charge is 0.325 e. The van der Waals surface area contributed by atoms with Crippen molar-refractivity contribution in [3.05, 3.63) is 12.7 Å². The lowest BCUT2D eigenvalue weighted by molar-refractivity contribution is -0.179. The maximum absolute atomic E-state index is 13.5. The summed E-state index contributed by atoms with van der Waals surface area (Å²) >= 11 is 5.34. The van der Waals surface area contributed by atoms with E-state index in [1.165, 1.54) is 6.33 Å². The average Bonchev–Trinajstić information content (AvgIpc) is 3.22.